The first-order valence-electron chi connectivity index (χ1n) is 26.3. The van der Waals surface area contributed by atoms with Crippen LogP contribution in [-0.4, -0.2) is 28.2 Å². The Morgan fingerprint density at radius 2 is 0.740 bits per heavy atom. The highest BCUT2D eigenvalue weighted by Crippen LogP contribution is 2.49. The Hall–Kier alpha value is -10.3. The van der Waals surface area contributed by atoms with Gasteiger partial charge in [0.1, 0.15) is 0 Å². The van der Waals surface area contributed by atoms with Gasteiger partial charge in [-0.1, -0.05) is 170 Å². The summed E-state index contributed by atoms with van der Waals surface area (Å²) in [6.07, 6.45) is 0. The van der Waals surface area contributed by atoms with E-state index in [0.29, 0.717) is 5.82 Å². The molecule has 0 fully saturated rings. The molecule has 77 heavy (non-hydrogen) atoms. The predicted molar refractivity (Wildman–Crippen MR) is 320 cm³/mol. The van der Waals surface area contributed by atoms with Crippen molar-refractivity contribution in [2.24, 2.45) is 0 Å². The summed E-state index contributed by atoms with van der Waals surface area (Å²) in [6, 6.07) is 94.2. The van der Waals surface area contributed by atoms with Crippen molar-refractivity contribution in [2.75, 3.05) is 0 Å². The molecule has 0 aliphatic heterocycles. The van der Waals surface area contributed by atoms with E-state index in [1.807, 2.05) is 6.07 Å². The summed E-state index contributed by atoms with van der Waals surface area (Å²) in [5, 5.41) is 9.53. The summed E-state index contributed by atoms with van der Waals surface area (Å²) in [4.78, 5) is 10.9. The van der Waals surface area contributed by atoms with Gasteiger partial charge in [-0.3, -0.25) is 0 Å². The van der Waals surface area contributed by atoms with Gasteiger partial charge < -0.3 is 18.3 Å². The minimum atomic E-state index is 0.676. The van der Waals surface area contributed by atoms with Gasteiger partial charge >= 0.3 is 0 Å². The van der Waals surface area contributed by atoms with E-state index < -0.39 is 0 Å². The lowest BCUT2D eigenvalue weighted by atomic mass is 9.99. The summed E-state index contributed by atoms with van der Waals surface area (Å²) in [5.74, 6) is 0.676. The van der Waals surface area contributed by atoms with E-state index in [1.165, 1.54) is 49.0 Å². The number of hydrogen-bond donors (Lipinski definition) is 0. The Labute approximate surface area is 443 Å². The second kappa shape index (κ2) is 16.9. The molecule has 0 saturated carbocycles. The molecule has 0 aliphatic rings. The third-order valence-corrected chi connectivity index (χ3v) is 15.8. The molecular formula is C71H46N6. The third kappa shape index (κ3) is 6.42. The number of para-hydroxylation sites is 6. The van der Waals surface area contributed by atoms with Crippen LogP contribution in [0.4, 0.5) is 0 Å². The Kier molecular flexibility index (Phi) is 9.45. The maximum absolute atomic E-state index is 5.59. The summed E-state index contributed by atoms with van der Waals surface area (Å²) in [6.45, 7) is 2.29. The lowest BCUT2D eigenvalue weighted by molar-refractivity contribution is 1.16. The third-order valence-electron chi connectivity index (χ3n) is 15.8. The fourth-order valence-electron chi connectivity index (χ4n) is 12.6. The van der Waals surface area contributed by atoms with E-state index in [9.17, 15) is 0 Å². The highest BCUT2D eigenvalue weighted by molar-refractivity contribution is 6.30. The molecule has 16 rings (SSSR count). The highest BCUT2D eigenvalue weighted by atomic mass is 15.0. The van der Waals surface area contributed by atoms with Crippen molar-refractivity contribution in [1.82, 2.24) is 28.2 Å². The number of aromatic nitrogens is 6. The summed E-state index contributed by atoms with van der Waals surface area (Å²) in [5.41, 5.74) is 19.5. The highest BCUT2D eigenvalue weighted by Gasteiger charge is 2.28. The van der Waals surface area contributed by atoms with Crippen LogP contribution in [0, 0.1) is 6.92 Å². The molecule has 0 bridgehead atoms. The van der Waals surface area contributed by atoms with Crippen molar-refractivity contribution in [3.05, 3.63) is 266 Å². The molecule has 0 aliphatic carbocycles. The lowest BCUT2D eigenvalue weighted by Gasteiger charge is -2.15. The monoisotopic (exact) mass is 982 g/mol. The Morgan fingerprint density at radius 1 is 0.273 bits per heavy atom. The molecule has 6 nitrogen and oxygen atoms in total. The molecule has 11 aromatic carbocycles. The number of nitrogens with zero attached hydrogens (tertiary/aromatic N) is 6. The molecule has 5 heterocycles. The SMILES string of the molecule is Cc1cc2c(c3ccccc3n2-c2ccccc2)c2c1c1cc(-n3c4ccccc4c4c3c(-c3cc(-c5ccccc5)nc(-c5ccccc5)n3)cc3c5ccccc5n(-c5ccccc5)c34)ccc1n2-c1ccccc1. The zero-order valence-corrected chi connectivity index (χ0v) is 42.0. The van der Waals surface area contributed by atoms with Gasteiger partial charge in [0.25, 0.3) is 0 Å². The normalized spacial score (nSPS) is 12.0. The minimum Gasteiger partial charge on any atom is -0.309 e. The van der Waals surface area contributed by atoms with Gasteiger partial charge in [0, 0.05) is 82.5 Å². The second-order valence-corrected chi connectivity index (χ2v) is 20.2. The molecule has 6 heteroatoms. The predicted octanol–water partition coefficient (Wildman–Crippen LogP) is 18.2. The quantitative estimate of drug-likeness (QED) is 0.160. The second-order valence-electron chi connectivity index (χ2n) is 20.2. The van der Waals surface area contributed by atoms with E-state index in [2.05, 4.69) is 280 Å². The van der Waals surface area contributed by atoms with Crippen LogP contribution in [-0.2, 0) is 0 Å². The molecule has 0 unspecified atom stereocenters. The van der Waals surface area contributed by atoms with E-state index >= 15 is 0 Å². The fourth-order valence-corrected chi connectivity index (χ4v) is 12.6. The molecule has 0 amide bonds. The van der Waals surface area contributed by atoms with Crippen LogP contribution in [0.1, 0.15) is 5.56 Å². The van der Waals surface area contributed by atoms with Crippen molar-refractivity contribution in [3.8, 4) is 56.7 Å². The first-order valence-corrected chi connectivity index (χ1v) is 26.3. The van der Waals surface area contributed by atoms with Crippen molar-refractivity contribution in [3.63, 3.8) is 0 Å². The number of benzene rings is 11. The Balaban J connectivity index is 1.08. The molecule has 0 atom stereocenters. The smallest absolute Gasteiger partial charge is 0.160 e. The topological polar surface area (TPSA) is 45.5 Å². The average molecular weight is 983 g/mol. The van der Waals surface area contributed by atoms with E-state index in [0.717, 1.165) is 94.6 Å². The molecule has 0 radical (unpaired) electrons. The Bertz CT molecular complexity index is 4950. The fraction of sp³-hybridized carbons (Fsp3) is 0.0141. The van der Waals surface area contributed by atoms with Gasteiger partial charge in [0.15, 0.2) is 5.82 Å². The standard InChI is InChI=1S/C71H46N6/c1-45-41-64-66(53-34-18-21-37-61(53)74(64)48-27-11-4-12-28-48)70-65(45)57-42-51(39-40-63(57)76(70)50-31-15-6-16-32-50)77-62-38-22-19-35-54(62)67-68-55(52-33-17-20-36-60(52)75(68)49-29-13-5-14-30-49)43-56(69(67)77)59-44-58(46-23-7-2-8-24-46)72-71(73-59)47-25-9-3-10-26-47/h2-44H,1H3. The molecule has 16 aromatic rings. The van der Waals surface area contributed by atoms with E-state index in [4.69, 9.17) is 9.97 Å². The van der Waals surface area contributed by atoms with Crippen LogP contribution < -0.4 is 0 Å². The van der Waals surface area contributed by atoms with Crippen LogP contribution >= 0.6 is 0 Å². The van der Waals surface area contributed by atoms with Crippen molar-refractivity contribution < 1.29 is 0 Å². The van der Waals surface area contributed by atoms with Gasteiger partial charge in [0.05, 0.1) is 55.5 Å². The molecular weight excluding hydrogens is 937 g/mol. The average Bonchev–Trinajstić information content (AvgIpc) is 4.25. The van der Waals surface area contributed by atoms with Gasteiger partial charge in [-0.2, -0.15) is 0 Å². The van der Waals surface area contributed by atoms with Gasteiger partial charge in [-0.25, -0.2) is 9.97 Å². The number of hydrogen-bond acceptors (Lipinski definition) is 2. The molecule has 0 spiro atoms. The van der Waals surface area contributed by atoms with Crippen molar-refractivity contribution in [2.45, 2.75) is 6.92 Å². The maximum atomic E-state index is 5.59. The number of aryl methyl sites for hydroxylation is 1. The van der Waals surface area contributed by atoms with Crippen LogP contribution in [0.25, 0.3) is 144 Å². The number of rotatable bonds is 7. The number of fused-ring (bicyclic) bond motifs is 14. The minimum absolute atomic E-state index is 0.676. The lowest BCUT2D eigenvalue weighted by Crippen LogP contribution is -2.00. The summed E-state index contributed by atoms with van der Waals surface area (Å²) >= 11 is 0. The first-order chi connectivity index (χ1) is 38.2. The molecule has 0 N–H and O–H groups in total. The van der Waals surface area contributed by atoms with Crippen LogP contribution in [0.3, 0.4) is 0 Å². The van der Waals surface area contributed by atoms with E-state index in [1.54, 1.807) is 0 Å². The van der Waals surface area contributed by atoms with Crippen molar-refractivity contribution in [1.29, 1.82) is 0 Å². The maximum Gasteiger partial charge on any atom is 0.160 e. The Morgan fingerprint density at radius 3 is 1.38 bits per heavy atom. The molecule has 0 saturated heterocycles. The largest absolute Gasteiger partial charge is 0.309 e. The van der Waals surface area contributed by atoms with Crippen LogP contribution in [0.5, 0.6) is 0 Å². The van der Waals surface area contributed by atoms with Gasteiger partial charge in [-0.05, 0) is 103 Å². The first kappa shape index (κ1) is 43.1. The van der Waals surface area contributed by atoms with Gasteiger partial charge in [0.2, 0.25) is 0 Å². The van der Waals surface area contributed by atoms with Crippen LogP contribution in [0.15, 0.2) is 261 Å². The van der Waals surface area contributed by atoms with Crippen LogP contribution in [0.2, 0.25) is 0 Å². The molecule has 360 valence electrons. The zero-order chi connectivity index (χ0) is 50.7. The summed E-state index contributed by atoms with van der Waals surface area (Å²) < 4.78 is 9.92. The van der Waals surface area contributed by atoms with E-state index in [-0.39, 0.29) is 0 Å². The summed E-state index contributed by atoms with van der Waals surface area (Å²) in [7, 11) is 0. The molecule has 5 aromatic heterocycles. The van der Waals surface area contributed by atoms with Gasteiger partial charge in [-0.15, -0.1) is 0 Å². The van der Waals surface area contributed by atoms with Crippen molar-refractivity contribution >= 4 is 87.2 Å². The zero-order valence-electron chi connectivity index (χ0n) is 42.0.